The Bertz CT molecular complexity index is 132. The third-order valence-electron chi connectivity index (χ3n) is 1.89. The molecule has 0 spiro atoms. The van der Waals surface area contributed by atoms with Gasteiger partial charge in [-0.3, -0.25) is 4.84 Å². The molecular formula is C7H14N2O2. The van der Waals surface area contributed by atoms with Crippen LogP contribution in [0.15, 0.2) is 0 Å². The summed E-state index contributed by atoms with van der Waals surface area (Å²) in [4.78, 5) is 15.3. The summed E-state index contributed by atoms with van der Waals surface area (Å²) in [5.74, 6) is 0. The van der Waals surface area contributed by atoms with Crippen LogP contribution in [0.3, 0.4) is 0 Å². The molecule has 0 heterocycles. The Hall–Kier alpha value is -0.770. The average molecular weight is 158 g/mol. The molecule has 0 aromatic rings. The number of rotatable bonds is 2. The Kier molecular flexibility index (Phi) is 3.16. The molecule has 1 aliphatic rings. The monoisotopic (exact) mass is 158 g/mol. The molecule has 0 bridgehead atoms. The zero-order chi connectivity index (χ0) is 8.10. The standard InChI is InChI=1S/C7H14N2O2/c1-11-9-7(10)8-6-4-2-3-5-6/h6H,2-5H2,1H3,(H2,8,9,10). The van der Waals surface area contributed by atoms with E-state index < -0.39 is 0 Å². The van der Waals surface area contributed by atoms with Crippen LogP contribution in [0.2, 0.25) is 0 Å². The topological polar surface area (TPSA) is 50.4 Å². The van der Waals surface area contributed by atoms with Crippen molar-refractivity contribution in [2.45, 2.75) is 31.7 Å². The SMILES string of the molecule is CONC(=O)NC1CCCC1. The predicted octanol–water partition coefficient (Wildman–Crippen LogP) is 0.790. The van der Waals surface area contributed by atoms with Crippen molar-refractivity contribution < 1.29 is 9.63 Å². The van der Waals surface area contributed by atoms with Crippen molar-refractivity contribution in [3.8, 4) is 0 Å². The zero-order valence-electron chi connectivity index (χ0n) is 6.72. The normalized spacial score (nSPS) is 18.3. The molecule has 0 atom stereocenters. The van der Waals surface area contributed by atoms with Crippen LogP contribution in [0, 0.1) is 0 Å². The highest BCUT2D eigenvalue weighted by Crippen LogP contribution is 2.17. The van der Waals surface area contributed by atoms with E-state index in [9.17, 15) is 4.79 Å². The van der Waals surface area contributed by atoms with Gasteiger partial charge < -0.3 is 5.32 Å². The Morgan fingerprint density at radius 1 is 1.45 bits per heavy atom. The molecule has 2 amide bonds. The van der Waals surface area contributed by atoms with Gasteiger partial charge in [-0.1, -0.05) is 12.8 Å². The molecule has 0 radical (unpaired) electrons. The summed E-state index contributed by atoms with van der Waals surface area (Å²) in [6, 6.07) is 0.115. The predicted molar refractivity (Wildman–Crippen MR) is 40.9 cm³/mol. The van der Waals surface area contributed by atoms with Gasteiger partial charge in [0.05, 0.1) is 7.11 Å². The minimum absolute atomic E-state index is 0.237. The molecule has 4 nitrogen and oxygen atoms in total. The smallest absolute Gasteiger partial charge is 0.334 e. The molecule has 2 N–H and O–H groups in total. The van der Waals surface area contributed by atoms with Crippen LogP contribution < -0.4 is 10.8 Å². The fourth-order valence-electron chi connectivity index (χ4n) is 1.38. The van der Waals surface area contributed by atoms with E-state index in [4.69, 9.17) is 0 Å². The van der Waals surface area contributed by atoms with Gasteiger partial charge in [0, 0.05) is 6.04 Å². The molecule has 1 rings (SSSR count). The van der Waals surface area contributed by atoms with Gasteiger partial charge >= 0.3 is 6.03 Å². The van der Waals surface area contributed by atoms with Crippen LogP contribution in [0.4, 0.5) is 4.79 Å². The van der Waals surface area contributed by atoms with Gasteiger partial charge in [-0.15, -0.1) is 0 Å². The van der Waals surface area contributed by atoms with E-state index in [1.165, 1.54) is 20.0 Å². The van der Waals surface area contributed by atoms with Gasteiger partial charge in [0.25, 0.3) is 0 Å². The van der Waals surface area contributed by atoms with Crippen molar-refractivity contribution in [3.63, 3.8) is 0 Å². The van der Waals surface area contributed by atoms with E-state index in [-0.39, 0.29) is 6.03 Å². The molecule has 4 heteroatoms. The molecule has 1 saturated carbocycles. The van der Waals surface area contributed by atoms with Crippen LogP contribution in [0.1, 0.15) is 25.7 Å². The van der Waals surface area contributed by atoms with Gasteiger partial charge in [0.2, 0.25) is 0 Å². The highest BCUT2D eigenvalue weighted by molar-refractivity contribution is 5.72. The third kappa shape index (κ3) is 2.76. The van der Waals surface area contributed by atoms with Gasteiger partial charge in [0.1, 0.15) is 0 Å². The molecule has 1 fully saturated rings. The van der Waals surface area contributed by atoms with Gasteiger partial charge in [-0.25, -0.2) is 10.3 Å². The highest BCUT2D eigenvalue weighted by Gasteiger charge is 2.16. The Balaban J connectivity index is 2.13. The van der Waals surface area contributed by atoms with Crippen molar-refractivity contribution in [2.24, 2.45) is 0 Å². The van der Waals surface area contributed by atoms with Gasteiger partial charge in [-0.2, -0.15) is 0 Å². The number of amides is 2. The van der Waals surface area contributed by atoms with E-state index in [0.717, 1.165) is 12.8 Å². The Morgan fingerprint density at radius 2 is 2.09 bits per heavy atom. The number of urea groups is 1. The number of carbonyl (C=O) groups excluding carboxylic acids is 1. The van der Waals surface area contributed by atoms with Crippen molar-refractivity contribution in [1.29, 1.82) is 0 Å². The largest absolute Gasteiger partial charge is 0.338 e. The summed E-state index contributed by atoms with van der Waals surface area (Å²) < 4.78 is 0. The van der Waals surface area contributed by atoms with E-state index in [1.807, 2.05) is 0 Å². The molecule has 11 heavy (non-hydrogen) atoms. The highest BCUT2D eigenvalue weighted by atomic mass is 16.6. The first-order chi connectivity index (χ1) is 5.33. The average Bonchev–Trinajstić information content (AvgIpc) is 2.40. The second-order valence-corrected chi connectivity index (χ2v) is 2.76. The van der Waals surface area contributed by atoms with Crippen molar-refractivity contribution in [3.05, 3.63) is 0 Å². The van der Waals surface area contributed by atoms with Crippen LogP contribution in [-0.2, 0) is 4.84 Å². The maximum Gasteiger partial charge on any atom is 0.338 e. The first-order valence-electron chi connectivity index (χ1n) is 3.92. The van der Waals surface area contributed by atoms with Crippen LogP contribution in [0.25, 0.3) is 0 Å². The van der Waals surface area contributed by atoms with Crippen molar-refractivity contribution >= 4 is 6.03 Å². The number of hydrogen-bond donors (Lipinski definition) is 2. The lowest BCUT2D eigenvalue weighted by Gasteiger charge is -2.10. The molecule has 0 aromatic heterocycles. The summed E-state index contributed by atoms with van der Waals surface area (Å²) in [6.07, 6.45) is 4.63. The molecule has 0 unspecified atom stereocenters. The Labute approximate surface area is 66.3 Å². The lowest BCUT2D eigenvalue weighted by molar-refractivity contribution is 0.106. The maximum atomic E-state index is 10.9. The molecule has 64 valence electrons. The Morgan fingerprint density at radius 3 is 2.64 bits per heavy atom. The first-order valence-corrected chi connectivity index (χ1v) is 3.92. The summed E-state index contributed by atoms with van der Waals surface area (Å²) in [5.41, 5.74) is 2.22. The molecule has 0 aromatic carbocycles. The molecule has 0 saturated heterocycles. The number of hydrogen-bond acceptors (Lipinski definition) is 2. The summed E-state index contributed by atoms with van der Waals surface area (Å²) in [6.45, 7) is 0. The lowest BCUT2D eigenvalue weighted by Crippen LogP contribution is -2.40. The second-order valence-electron chi connectivity index (χ2n) is 2.76. The maximum absolute atomic E-state index is 10.9. The fourth-order valence-corrected chi connectivity index (χ4v) is 1.38. The zero-order valence-corrected chi connectivity index (χ0v) is 6.72. The van der Waals surface area contributed by atoms with Crippen molar-refractivity contribution in [2.75, 3.05) is 7.11 Å². The van der Waals surface area contributed by atoms with E-state index in [2.05, 4.69) is 15.6 Å². The van der Waals surface area contributed by atoms with E-state index >= 15 is 0 Å². The first kappa shape index (κ1) is 8.33. The van der Waals surface area contributed by atoms with E-state index in [1.54, 1.807) is 0 Å². The molecule has 0 aliphatic heterocycles. The minimum atomic E-state index is -0.237. The third-order valence-corrected chi connectivity index (χ3v) is 1.89. The second kappa shape index (κ2) is 4.18. The van der Waals surface area contributed by atoms with Crippen LogP contribution >= 0.6 is 0 Å². The van der Waals surface area contributed by atoms with E-state index in [0.29, 0.717) is 6.04 Å². The van der Waals surface area contributed by atoms with Crippen LogP contribution in [0.5, 0.6) is 0 Å². The summed E-state index contributed by atoms with van der Waals surface area (Å²) in [7, 11) is 1.42. The number of nitrogens with one attached hydrogen (secondary N) is 2. The van der Waals surface area contributed by atoms with Crippen LogP contribution in [-0.4, -0.2) is 19.2 Å². The lowest BCUT2D eigenvalue weighted by atomic mass is 10.3. The molecular weight excluding hydrogens is 144 g/mol. The summed E-state index contributed by atoms with van der Waals surface area (Å²) >= 11 is 0. The fraction of sp³-hybridized carbons (Fsp3) is 0.857. The molecule has 1 aliphatic carbocycles. The van der Waals surface area contributed by atoms with Gasteiger partial charge in [0.15, 0.2) is 0 Å². The summed E-state index contributed by atoms with van der Waals surface area (Å²) in [5, 5.41) is 2.80. The van der Waals surface area contributed by atoms with Gasteiger partial charge in [-0.05, 0) is 12.8 Å². The number of carbonyl (C=O) groups is 1. The number of hydroxylamine groups is 1. The minimum Gasteiger partial charge on any atom is -0.334 e. The van der Waals surface area contributed by atoms with Crippen molar-refractivity contribution in [1.82, 2.24) is 10.8 Å². The quantitative estimate of drug-likeness (QED) is 0.584.